The molecule has 3 rings (SSSR count). The molecule has 90 valence electrons. The van der Waals surface area contributed by atoms with Gasteiger partial charge in [0, 0.05) is 19.0 Å². The molecule has 0 spiro atoms. The second-order valence-corrected chi connectivity index (χ2v) is 5.47. The van der Waals surface area contributed by atoms with Crippen LogP contribution in [0.5, 0.6) is 0 Å². The Morgan fingerprint density at radius 3 is 2.62 bits per heavy atom. The maximum absolute atomic E-state index is 11.8. The maximum Gasteiger partial charge on any atom is 0.238 e. The molecule has 2 heterocycles. The Balaban J connectivity index is 1.51. The van der Waals surface area contributed by atoms with E-state index in [1.807, 2.05) is 5.01 Å². The van der Waals surface area contributed by atoms with E-state index in [1.54, 1.807) is 0 Å². The number of rotatable bonds is 3. The number of amides is 1. The topological polar surface area (TPSA) is 44.4 Å². The Hall–Kier alpha value is -0.610. The monoisotopic (exact) mass is 223 g/mol. The smallest absolute Gasteiger partial charge is 0.238 e. The van der Waals surface area contributed by atoms with Crippen molar-refractivity contribution in [1.82, 2.24) is 15.8 Å². The number of hydrogen-bond donors (Lipinski definition) is 2. The molecule has 3 fully saturated rings. The highest BCUT2D eigenvalue weighted by atomic mass is 16.2. The zero-order chi connectivity index (χ0) is 11.0. The van der Waals surface area contributed by atoms with Crippen molar-refractivity contribution in [2.75, 3.05) is 19.6 Å². The molecule has 0 radical (unpaired) electrons. The molecule has 0 bridgehead atoms. The molecule has 2 saturated heterocycles. The number of piperidine rings is 1. The molecule has 4 nitrogen and oxygen atoms in total. The third-order valence-corrected chi connectivity index (χ3v) is 4.11. The van der Waals surface area contributed by atoms with Gasteiger partial charge in [-0.05, 0) is 50.6 Å². The quantitative estimate of drug-likeness (QED) is 0.732. The van der Waals surface area contributed by atoms with Gasteiger partial charge >= 0.3 is 0 Å². The highest BCUT2D eigenvalue weighted by molar-refractivity contribution is 5.78. The number of carbonyl (C=O) groups excluding carboxylic acids is 1. The average molecular weight is 223 g/mol. The molecule has 3 aliphatic rings. The lowest BCUT2D eigenvalue weighted by Gasteiger charge is -2.27. The van der Waals surface area contributed by atoms with E-state index in [9.17, 15) is 4.79 Å². The van der Waals surface area contributed by atoms with E-state index < -0.39 is 0 Å². The summed E-state index contributed by atoms with van der Waals surface area (Å²) in [5.41, 5.74) is 3.41. The molecule has 0 aromatic heterocycles. The second kappa shape index (κ2) is 4.34. The van der Waals surface area contributed by atoms with E-state index in [-0.39, 0.29) is 0 Å². The fourth-order valence-corrected chi connectivity index (χ4v) is 2.86. The summed E-state index contributed by atoms with van der Waals surface area (Å²) in [6.45, 7) is 3.14. The first-order valence-corrected chi connectivity index (χ1v) is 6.60. The van der Waals surface area contributed by atoms with Gasteiger partial charge in [0.2, 0.25) is 5.91 Å². The van der Waals surface area contributed by atoms with Crippen molar-refractivity contribution in [3.8, 4) is 0 Å². The molecule has 2 N–H and O–H groups in total. The van der Waals surface area contributed by atoms with E-state index in [2.05, 4.69) is 10.7 Å². The standard InChI is InChI=1S/C12H21N3O/c16-12-7-11(10-1-2-10)14-15(12)8-9-3-5-13-6-4-9/h9-11,13-14H,1-8H2. The molecule has 16 heavy (non-hydrogen) atoms. The highest BCUT2D eigenvalue weighted by Crippen LogP contribution is 2.36. The minimum Gasteiger partial charge on any atom is -0.317 e. The van der Waals surface area contributed by atoms with E-state index in [0.717, 1.165) is 32.0 Å². The van der Waals surface area contributed by atoms with Crippen molar-refractivity contribution in [3.05, 3.63) is 0 Å². The fourth-order valence-electron chi connectivity index (χ4n) is 2.86. The largest absolute Gasteiger partial charge is 0.317 e. The number of hydrazine groups is 1. The lowest BCUT2D eigenvalue weighted by Crippen LogP contribution is -2.43. The Labute approximate surface area is 96.7 Å². The third kappa shape index (κ3) is 2.23. The number of nitrogens with zero attached hydrogens (tertiary/aromatic N) is 1. The van der Waals surface area contributed by atoms with Crippen LogP contribution in [0.15, 0.2) is 0 Å². The SMILES string of the molecule is O=C1CC(C2CC2)NN1CC1CCNCC1. The van der Waals surface area contributed by atoms with Crippen LogP contribution in [0.4, 0.5) is 0 Å². The van der Waals surface area contributed by atoms with Crippen LogP contribution in [0.3, 0.4) is 0 Å². The zero-order valence-corrected chi connectivity index (χ0v) is 9.74. The summed E-state index contributed by atoms with van der Waals surface area (Å²) < 4.78 is 0. The molecule has 4 heteroatoms. The van der Waals surface area contributed by atoms with Crippen molar-refractivity contribution in [3.63, 3.8) is 0 Å². The average Bonchev–Trinajstić information content (AvgIpc) is 3.07. The fraction of sp³-hybridized carbons (Fsp3) is 0.917. The van der Waals surface area contributed by atoms with Crippen LogP contribution in [-0.2, 0) is 4.79 Å². The summed E-state index contributed by atoms with van der Waals surface area (Å²) >= 11 is 0. The van der Waals surface area contributed by atoms with Gasteiger partial charge in [-0.15, -0.1) is 0 Å². The first-order chi connectivity index (χ1) is 7.83. The number of carbonyl (C=O) groups is 1. The van der Waals surface area contributed by atoms with Crippen molar-refractivity contribution in [1.29, 1.82) is 0 Å². The number of nitrogens with one attached hydrogen (secondary N) is 2. The molecule has 1 amide bonds. The van der Waals surface area contributed by atoms with Crippen LogP contribution < -0.4 is 10.7 Å². The predicted octanol–water partition coefficient (Wildman–Crippen LogP) is 0.501. The minimum absolute atomic E-state index is 0.315. The summed E-state index contributed by atoms with van der Waals surface area (Å²) in [6, 6.07) is 0.453. The van der Waals surface area contributed by atoms with Crippen molar-refractivity contribution < 1.29 is 4.79 Å². The normalized spacial score (nSPS) is 32.4. The van der Waals surface area contributed by atoms with E-state index in [0.29, 0.717) is 17.9 Å². The van der Waals surface area contributed by atoms with E-state index in [4.69, 9.17) is 0 Å². The zero-order valence-electron chi connectivity index (χ0n) is 9.74. The van der Waals surface area contributed by atoms with Gasteiger partial charge in [0.25, 0.3) is 0 Å². The Kier molecular flexibility index (Phi) is 2.86. The first kappa shape index (κ1) is 10.5. The van der Waals surface area contributed by atoms with Crippen molar-refractivity contribution in [2.24, 2.45) is 11.8 Å². The molecule has 2 aliphatic heterocycles. The lowest BCUT2D eigenvalue weighted by atomic mass is 9.98. The molecule has 0 aromatic rings. The molecule has 1 unspecified atom stereocenters. The van der Waals surface area contributed by atoms with Gasteiger partial charge in [-0.3, -0.25) is 9.80 Å². The van der Waals surface area contributed by atoms with Crippen LogP contribution in [-0.4, -0.2) is 36.6 Å². The molecule has 0 aromatic carbocycles. The summed E-state index contributed by atoms with van der Waals surface area (Å²) in [6.07, 6.45) is 5.77. The van der Waals surface area contributed by atoms with Gasteiger partial charge in [0.1, 0.15) is 0 Å². The van der Waals surface area contributed by atoms with Gasteiger partial charge in [-0.2, -0.15) is 0 Å². The van der Waals surface area contributed by atoms with Gasteiger partial charge in [0.05, 0.1) is 0 Å². The Bertz CT molecular complexity index is 271. The lowest BCUT2D eigenvalue weighted by molar-refractivity contribution is -0.130. The van der Waals surface area contributed by atoms with Gasteiger partial charge < -0.3 is 5.32 Å². The number of hydrogen-bond acceptors (Lipinski definition) is 3. The van der Waals surface area contributed by atoms with Gasteiger partial charge in [0.15, 0.2) is 0 Å². The Morgan fingerprint density at radius 2 is 1.94 bits per heavy atom. The highest BCUT2D eigenvalue weighted by Gasteiger charge is 2.39. The van der Waals surface area contributed by atoms with Crippen LogP contribution in [0.2, 0.25) is 0 Å². The predicted molar refractivity (Wildman–Crippen MR) is 61.6 cm³/mol. The molecule has 1 saturated carbocycles. The Morgan fingerprint density at radius 1 is 1.19 bits per heavy atom. The molecule has 1 aliphatic carbocycles. The van der Waals surface area contributed by atoms with Crippen molar-refractivity contribution >= 4 is 5.91 Å². The van der Waals surface area contributed by atoms with Crippen LogP contribution in [0.25, 0.3) is 0 Å². The molecule has 1 atom stereocenters. The van der Waals surface area contributed by atoms with Crippen LogP contribution in [0.1, 0.15) is 32.1 Å². The summed E-state index contributed by atoms with van der Waals surface area (Å²) in [5, 5.41) is 5.27. The maximum atomic E-state index is 11.8. The van der Waals surface area contributed by atoms with Crippen molar-refractivity contribution in [2.45, 2.75) is 38.1 Å². The summed E-state index contributed by atoms with van der Waals surface area (Å²) in [5.74, 6) is 1.79. The molecular weight excluding hydrogens is 202 g/mol. The summed E-state index contributed by atoms with van der Waals surface area (Å²) in [7, 11) is 0. The second-order valence-electron chi connectivity index (χ2n) is 5.47. The summed E-state index contributed by atoms with van der Waals surface area (Å²) in [4.78, 5) is 11.8. The van der Waals surface area contributed by atoms with Gasteiger partial charge in [-0.1, -0.05) is 0 Å². The molecular formula is C12H21N3O. The van der Waals surface area contributed by atoms with Crippen LogP contribution in [0, 0.1) is 11.8 Å². The first-order valence-electron chi connectivity index (χ1n) is 6.60. The van der Waals surface area contributed by atoms with E-state index >= 15 is 0 Å². The van der Waals surface area contributed by atoms with Gasteiger partial charge in [-0.25, -0.2) is 5.43 Å². The third-order valence-electron chi connectivity index (χ3n) is 4.11. The van der Waals surface area contributed by atoms with E-state index in [1.165, 1.54) is 25.7 Å². The van der Waals surface area contributed by atoms with Crippen LogP contribution >= 0.6 is 0 Å². The minimum atomic E-state index is 0.315.